The Morgan fingerprint density at radius 2 is 2.00 bits per heavy atom. The lowest BCUT2D eigenvalue weighted by atomic mass is 10.1. The molecule has 1 unspecified atom stereocenters. The van der Waals surface area contributed by atoms with Crippen LogP contribution in [-0.4, -0.2) is 48.6 Å². The van der Waals surface area contributed by atoms with Crippen molar-refractivity contribution in [2.75, 3.05) is 26.2 Å². The van der Waals surface area contributed by atoms with E-state index in [2.05, 4.69) is 16.3 Å². The van der Waals surface area contributed by atoms with E-state index in [1.165, 1.54) is 19.3 Å². The van der Waals surface area contributed by atoms with Crippen LogP contribution in [0.25, 0.3) is 0 Å². The highest BCUT2D eigenvalue weighted by atomic mass is 16.6. The summed E-state index contributed by atoms with van der Waals surface area (Å²) in [5.41, 5.74) is 5.33. The van der Waals surface area contributed by atoms with Gasteiger partial charge < -0.3 is 19.9 Å². The van der Waals surface area contributed by atoms with Crippen LogP contribution in [0.4, 0.5) is 4.79 Å². The van der Waals surface area contributed by atoms with Crippen molar-refractivity contribution in [3.8, 4) is 11.5 Å². The monoisotopic (exact) mass is 377 g/mol. The molecule has 1 aromatic carbocycles. The maximum atomic E-state index is 12.2. The average molecular weight is 377 g/mol. The van der Waals surface area contributed by atoms with Gasteiger partial charge in [0.15, 0.2) is 11.5 Å². The molecule has 1 saturated heterocycles. The van der Waals surface area contributed by atoms with Crippen molar-refractivity contribution in [3.05, 3.63) is 23.8 Å². The van der Waals surface area contributed by atoms with Crippen LogP contribution < -0.4 is 20.5 Å². The SMILES string of the molecule is CC(C)(C)OC(=O)NC1(CN)COc2ccc(CN3CCCCC3)cc2O1. The molecule has 1 fully saturated rings. The van der Waals surface area contributed by atoms with E-state index in [9.17, 15) is 4.79 Å². The van der Waals surface area contributed by atoms with E-state index in [1.807, 2.05) is 32.9 Å². The molecule has 1 atom stereocenters. The molecule has 2 heterocycles. The number of benzene rings is 1. The van der Waals surface area contributed by atoms with Gasteiger partial charge in [-0.15, -0.1) is 0 Å². The topological polar surface area (TPSA) is 86.0 Å². The Morgan fingerprint density at radius 1 is 1.26 bits per heavy atom. The number of ether oxygens (including phenoxy) is 3. The van der Waals surface area contributed by atoms with Gasteiger partial charge in [0.2, 0.25) is 5.72 Å². The summed E-state index contributed by atoms with van der Waals surface area (Å²) in [7, 11) is 0. The number of nitrogens with two attached hydrogens (primary N) is 1. The van der Waals surface area contributed by atoms with Crippen LogP contribution in [0.2, 0.25) is 0 Å². The first-order valence-corrected chi connectivity index (χ1v) is 9.67. The lowest BCUT2D eigenvalue weighted by molar-refractivity contribution is -0.0367. The summed E-state index contributed by atoms with van der Waals surface area (Å²) in [5.74, 6) is 1.25. The normalized spacial score (nSPS) is 23.0. The standard InChI is InChI=1S/C20H31N3O4/c1-19(2,3)27-18(24)22-20(13-21)14-25-16-8-7-15(11-17(16)26-20)12-23-9-5-4-6-10-23/h7-8,11H,4-6,9-10,12-14,21H2,1-3H3,(H,22,24). The van der Waals surface area contributed by atoms with Gasteiger partial charge in [0.05, 0.1) is 6.54 Å². The minimum atomic E-state index is -1.14. The molecule has 0 spiro atoms. The van der Waals surface area contributed by atoms with Crippen molar-refractivity contribution in [3.63, 3.8) is 0 Å². The first-order chi connectivity index (χ1) is 12.8. The Balaban J connectivity index is 1.70. The Bertz CT molecular complexity index is 668. The number of piperidine rings is 1. The summed E-state index contributed by atoms with van der Waals surface area (Å²) in [6.07, 6.45) is 3.23. The predicted molar refractivity (Wildman–Crippen MR) is 103 cm³/mol. The van der Waals surface area contributed by atoms with Gasteiger partial charge >= 0.3 is 6.09 Å². The minimum Gasteiger partial charge on any atom is -0.483 e. The van der Waals surface area contributed by atoms with Crippen molar-refractivity contribution in [2.24, 2.45) is 5.73 Å². The maximum Gasteiger partial charge on any atom is 0.410 e. The second kappa shape index (κ2) is 7.94. The smallest absolute Gasteiger partial charge is 0.410 e. The number of nitrogens with one attached hydrogen (secondary N) is 1. The van der Waals surface area contributed by atoms with Gasteiger partial charge in [0, 0.05) is 6.54 Å². The molecule has 0 saturated carbocycles. The molecule has 0 aliphatic carbocycles. The molecule has 0 aromatic heterocycles. The molecule has 2 aliphatic rings. The first-order valence-electron chi connectivity index (χ1n) is 9.67. The van der Waals surface area contributed by atoms with E-state index in [0.717, 1.165) is 25.2 Å². The molecule has 0 bridgehead atoms. The third kappa shape index (κ3) is 5.26. The molecular weight excluding hydrogens is 346 g/mol. The minimum absolute atomic E-state index is 0.0715. The Kier molecular flexibility index (Phi) is 5.81. The second-order valence-electron chi connectivity index (χ2n) is 8.33. The molecule has 27 heavy (non-hydrogen) atoms. The number of amides is 1. The lowest BCUT2D eigenvalue weighted by Gasteiger charge is -2.38. The van der Waals surface area contributed by atoms with E-state index < -0.39 is 17.4 Å². The summed E-state index contributed by atoms with van der Waals surface area (Å²) in [5, 5.41) is 2.74. The molecule has 150 valence electrons. The van der Waals surface area contributed by atoms with Gasteiger partial charge in [-0.2, -0.15) is 0 Å². The van der Waals surface area contributed by atoms with Gasteiger partial charge in [-0.25, -0.2) is 4.79 Å². The van der Waals surface area contributed by atoms with E-state index in [0.29, 0.717) is 11.5 Å². The highest BCUT2D eigenvalue weighted by molar-refractivity contribution is 5.69. The molecule has 1 aromatic rings. The average Bonchev–Trinajstić information content (AvgIpc) is 2.60. The van der Waals surface area contributed by atoms with Crippen molar-refractivity contribution in [2.45, 2.75) is 57.9 Å². The maximum absolute atomic E-state index is 12.2. The number of rotatable bonds is 4. The third-order valence-corrected chi connectivity index (χ3v) is 4.69. The largest absolute Gasteiger partial charge is 0.483 e. The van der Waals surface area contributed by atoms with Crippen molar-refractivity contribution in [1.82, 2.24) is 10.2 Å². The van der Waals surface area contributed by atoms with Gasteiger partial charge in [-0.1, -0.05) is 12.5 Å². The van der Waals surface area contributed by atoms with Crippen LogP contribution >= 0.6 is 0 Å². The number of hydrogen-bond acceptors (Lipinski definition) is 6. The van der Waals surface area contributed by atoms with E-state index in [1.54, 1.807) is 0 Å². The van der Waals surface area contributed by atoms with Crippen LogP contribution in [-0.2, 0) is 11.3 Å². The number of nitrogens with zero attached hydrogens (tertiary/aromatic N) is 1. The zero-order valence-electron chi connectivity index (χ0n) is 16.5. The second-order valence-corrected chi connectivity index (χ2v) is 8.33. The molecule has 7 heteroatoms. The summed E-state index contributed by atoms with van der Waals surface area (Å²) >= 11 is 0. The van der Waals surface area contributed by atoms with Gasteiger partial charge in [0.1, 0.15) is 12.2 Å². The number of carbonyl (C=O) groups excluding carboxylic acids is 1. The lowest BCUT2D eigenvalue weighted by Crippen LogP contribution is -2.63. The fourth-order valence-corrected chi connectivity index (χ4v) is 3.36. The summed E-state index contributed by atoms with van der Waals surface area (Å²) in [6.45, 7) is 8.75. The molecule has 0 radical (unpaired) electrons. The van der Waals surface area contributed by atoms with Crippen molar-refractivity contribution < 1.29 is 19.0 Å². The first kappa shape index (κ1) is 19.8. The van der Waals surface area contributed by atoms with Crippen LogP contribution in [0.15, 0.2) is 18.2 Å². The fourth-order valence-electron chi connectivity index (χ4n) is 3.36. The number of carbonyl (C=O) groups is 1. The Hall–Kier alpha value is -1.99. The fraction of sp³-hybridized carbons (Fsp3) is 0.650. The Labute approximate surface area is 161 Å². The van der Waals surface area contributed by atoms with Crippen molar-refractivity contribution in [1.29, 1.82) is 0 Å². The van der Waals surface area contributed by atoms with E-state index in [4.69, 9.17) is 19.9 Å². The van der Waals surface area contributed by atoms with Crippen LogP contribution in [0.1, 0.15) is 45.6 Å². The Morgan fingerprint density at radius 3 is 2.67 bits per heavy atom. The van der Waals surface area contributed by atoms with Crippen LogP contribution in [0, 0.1) is 0 Å². The number of alkyl carbamates (subject to hydrolysis) is 1. The van der Waals surface area contributed by atoms with E-state index >= 15 is 0 Å². The van der Waals surface area contributed by atoms with Gasteiger partial charge in [0.25, 0.3) is 0 Å². The van der Waals surface area contributed by atoms with Crippen LogP contribution in [0.5, 0.6) is 11.5 Å². The molecule has 3 rings (SSSR count). The number of fused-ring (bicyclic) bond motifs is 1. The highest BCUT2D eigenvalue weighted by Gasteiger charge is 2.39. The molecule has 1 amide bonds. The summed E-state index contributed by atoms with van der Waals surface area (Å²) in [6, 6.07) is 5.96. The third-order valence-electron chi connectivity index (χ3n) is 4.69. The summed E-state index contributed by atoms with van der Waals surface area (Å²) < 4.78 is 17.3. The summed E-state index contributed by atoms with van der Waals surface area (Å²) in [4.78, 5) is 14.6. The zero-order valence-corrected chi connectivity index (χ0v) is 16.5. The molecule has 2 aliphatic heterocycles. The quantitative estimate of drug-likeness (QED) is 0.839. The van der Waals surface area contributed by atoms with Crippen LogP contribution in [0.3, 0.4) is 0 Å². The van der Waals surface area contributed by atoms with Gasteiger partial charge in [-0.05, 0) is 64.4 Å². The highest BCUT2D eigenvalue weighted by Crippen LogP contribution is 2.35. The number of likely N-dealkylation sites (tertiary alicyclic amines) is 1. The molecular formula is C20H31N3O4. The van der Waals surface area contributed by atoms with Gasteiger partial charge in [-0.3, -0.25) is 10.2 Å². The number of hydrogen-bond donors (Lipinski definition) is 2. The van der Waals surface area contributed by atoms with Crippen molar-refractivity contribution >= 4 is 6.09 Å². The predicted octanol–water partition coefficient (Wildman–Crippen LogP) is 2.62. The molecule has 3 N–H and O–H groups in total. The molecule has 7 nitrogen and oxygen atoms in total. The zero-order chi connectivity index (χ0) is 19.5. The van der Waals surface area contributed by atoms with E-state index in [-0.39, 0.29) is 13.2 Å².